The first kappa shape index (κ1) is 32.6. The predicted molar refractivity (Wildman–Crippen MR) is 201 cm³/mol. The van der Waals surface area contributed by atoms with E-state index in [0.29, 0.717) is 0 Å². The van der Waals surface area contributed by atoms with Crippen molar-refractivity contribution in [3.63, 3.8) is 0 Å². The van der Waals surface area contributed by atoms with E-state index in [0.717, 1.165) is 12.1 Å². The van der Waals surface area contributed by atoms with Gasteiger partial charge in [-0.2, -0.15) is 0 Å². The lowest BCUT2D eigenvalue weighted by Crippen LogP contribution is -2.42. The molecule has 46 heavy (non-hydrogen) atoms. The molecule has 1 aliphatic carbocycles. The standard InChI is InChI=1S/C42H42N2.C2H6/c1-30-11-7-15-37(25-30)43(38-16-8-12-31(2)26-38)39-22-23-41(34(5)28-39)35-18-20-36(21-19-35)44(40-17-9-13-32(3)27-40)42(6)24-10-14-33(4)29-42;1-2/h7-28H,29H2,1-6H3;1-2H3. The molecule has 0 amide bonds. The Bertz CT molecular complexity index is 1810. The lowest BCUT2D eigenvalue weighted by Gasteiger charge is -2.43. The van der Waals surface area contributed by atoms with Crippen molar-refractivity contribution in [3.8, 4) is 11.1 Å². The molecule has 2 nitrogen and oxygen atoms in total. The van der Waals surface area contributed by atoms with Crippen molar-refractivity contribution in [2.24, 2.45) is 0 Å². The molecule has 0 heterocycles. The summed E-state index contributed by atoms with van der Waals surface area (Å²) in [5.41, 5.74) is 14.6. The predicted octanol–water partition coefficient (Wildman–Crippen LogP) is 12.9. The molecule has 1 unspecified atom stereocenters. The van der Waals surface area contributed by atoms with Crippen LogP contribution in [0.3, 0.4) is 0 Å². The number of hydrogen-bond donors (Lipinski definition) is 0. The molecular weight excluding hydrogens is 556 g/mol. The summed E-state index contributed by atoms with van der Waals surface area (Å²) >= 11 is 0. The molecule has 0 aromatic heterocycles. The zero-order valence-electron chi connectivity index (χ0n) is 28.8. The Hall–Kier alpha value is -4.82. The summed E-state index contributed by atoms with van der Waals surface area (Å²) in [7, 11) is 0. The molecule has 0 saturated heterocycles. The SMILES string of the molecule is CC.CC1=CC=CC(C)(N(c2ccc(-c3ccc(N(c4cccc(C)c4)c4cccc(C)c4)cc3C)cc2)c2cccc(C)c2)C1. The van der Waals surface area contributed by atoms with Gasteiger partial charge in [-0.3, -0.25) is 0 Å². The van der Waals surface area contributed by atoms with Gasteiger partial charge in [0.15, 0.2) is 0 Å². The summed E-state index contributed by atoms with van der Waals surface area (Å²) in [5, 5.41) is 0. The number of rotatable bonds is 7. The molecule has 5 aromatic carbocycles. The van der Waals surface area contributed by atoms with Gasteiger partial charge in [0.05, 0.1) is 5.54 Å². The van der Waals surface area contributed by atoms with Gasteiger partial charge in [-0.25, -0.2) is 0 Å². The van der Waals surface area contributed by atoms with Gasteiger partial charge in [0.25, 0.3) is 0 Å². The van der Waals surface area contributed by atoms with Gasteiger partial charge in [0, 0.05) is 28.4 Å². The molecule has 0 spiro atoms. The highest BCUT2D eigenvalue weighted by atomic mass is 15.2. The molecule has 0 bridgehead atoms. The summed E-state index contributed by atoms with van der Waals surface area (Å²) in [6, 6.07) is 42.3. The second-order valence-corrected chi connectivity index (χ2v) is 12.6. The Labute approximate surface area is 277 Å². The van der Waals surface area contributed by atoms with Crippen molar-refractivity contribution >= 4 is 28.4 Å². The normalized spacial score (nSPS) is 15.4. The Morgan fingerprint density at radius 3 is 1.57 bits per heavy atom. The maximum Gasteiger partial charge on any atom is 0.0645 e. The highest BCUT2D eigenvalue weighted by Gasteiger charge is 2.32. The fourth-order valence-electron chi connectivity index (χ4n) is 6.64. The van der Waals surface area contributed by atoms with E-state index in [9.17, 15) is 0 Å². The van der Waals surface area contributed by atoms with Crippen LogP contribution >= 0.6 is 0 Å². The molecule has 0 radical (unpaired) electrons. The van der Waals surface area contributed by atoms with Crippen molar-refractivity contribution in [3.05, 3.63) is 161 Å². The molecular formula is C44H48N2. The van der Waals surface area contributed by atoms with E-state index < -0.39 is 0 Å². The van der Waals surface area contributed by atoms with E-state index >= 15 is 0 Å². The average Bonchev–Trinajstić information content (AvgIpc) is 3.03. The summed E-state index contributed by atoms with van der Waals surface area (Å²) < 4.78 is 0. The number of aryl methyl sites for hydroxylation is 4. The van der Waals surface area contributed by atoms with Crippen LogP contribution < -0.4 is 9.80 Å². The minimum absolute atomic E-state index is 0.152. The largest absolute Gasteiger partial charge is 0.332 e. The summed E-state index contributed by atoms with van der Waals surface area (Å²) in [6.07, 6.45) is 7.76. The van der Waals surface area contributed by atoms with E-state index in [-0.39, 0.29) is 5.54 Å². The topological polar surface area (TPSA) is 6.48 Å². The Morgan fingerprint density at radius 2 is 1.04 bits per heavy atom. The van der Waals surface area contributed by atoms with Gasteiger partial charge in [-0.05, 0) is 142 Å². The molecule has 234 valence electrons. The third-order valence-corrected chi connectivity index (χ3v) is 8.67. The van der Waals surface area contributed by atoms with E-state index in [4.69, 9.17) is 0 Å². The molecule has 0 aliphatic heterocycles. The lowest BCUT2D eigenvalue weighted by molar-refractivity contribution is 0.554. The van der Waals surface area contributed by atoms with Crippen LogP contribution in [0.2, 0.25) is 0 Å². The monoisotopic (exact) mass is 604 g/mol. The van der Waals surface area contributed by atoms with Crippen LogP contribution in [-0.2, 0) is 0 Å². The Morgan fingerprint density at radius 1 is 0.543 bits per heavy atom. The zero-order chi connectivity index (χ0) is 32.8. The van der Waals surface area contributed by atoms with Crippen LogP contribution in [0.1, 0.15) is 56.4 Å². The molecule has 1 atom stereocenters. The van der Waals surface area contributed by atoms with Gasteiger partial charge >= 0.3 is 0 Å². The van der Waals surface area contributed by atoms with Gasteiger partial charge in [0.1, 0.15) is 0 Å². The Balaban J connectivity index is 0.00000204. The van der Waals surface area contributed by atoms with Crippen molar-refractivity contribution in [2.75, 3.05) is 9.80 Å². The number of benzene rings is 5. The van der Waals surface area contributed by atoms with Crippen molar-refractivity contribution in [1.82, 2.24) is 0 Å². The third-order valence-electron chi connectivity index (χ3n) is 8.67. The van der Waals surface area contributed by atoms with E-state index in [2.05, 4.69) is 185 Å². The molecule has 0 fully saturated rings. The van der Waals surface area contributed by atoms with E-state index in [1.165, 1.54) is 61.7 Å². The summed E-state index contributed by atoms with van der Waals surface area (Å²) in [5.74, 6) is 0. The molecule has 1 aliphatic rings. The smallest absolute Gasteiger partial charge is 0.0645 e. The quantitative estimate of drug-likeness (QED) is 0.182. The first-order valence-corrected chi connectivity index (χ1v) is 16.6. The van der Waals surface area contributed by atoms with E-state index in [1.807, 2.05) is 13.8 Å². The molecule has 5 aromatic rings. The van der Waals surface area contributed by atoms with Crippen molar-refractivity contribution in [2.45, 2.75) is 67.3 Å². The van der Waals surface area contributed by atoms with Gasteiger partial charge < -0.3 is 9.80 Å². The lowest BCUT2D eigenvalue weighted by atomic mass is 9.86. The van der Waals surface area contributed by atoms with Crippen molar-refractivity contribution in [1.29, 1.82) is 0 Å². The second-order valence-electron chi connectivity index (χ2n) is 12.6. The number of allylic oxidation sites excluding steroid dienone is 2. The minimum Gasteiger partial charge on any atom is -0.332 e. The maximum absolute atomic E-state index is 2.49. The van der Waals surface area contributed by atoms with Gasteiger partial charge in [-0.15, -0.1) is 0 Å². The minimum atomic E-state index is -0.152. The highest BCUT2D eigenvalue weighted by Crippen LogP contribution is 2.41. The first-order chi connectivity index (χ1) is 22.2. The summed E-state index contributed by atoms with van der Waals surface area (Å²) in [4.78, 5) is 4.85. The fourth-order valence-corrected chi connectivity index (χ4v) is 6.64. The van der Waals surface area contributed by atoms with Crippen LogP contribution in [0.25, 0.3) is 11.1 Å². The van der Waals surface area contributed by atoms with E-state index in [1.54, 1.807) is 0 Å². The van der Waals surface area contributed by atoms with Crippen molar-refractivity contribution < 1.29 is 0 Å². The third kappa shape index (κ3) is 7.02. The molecule has 0 saturated carbocycles. The molecule has 0 N–H and O–H groups in total. The van der Waals surface area contributed by atoms with Crippen LogP contribution in [0, 0.1) is 27.7 Å². The Kier molecular flexibility index (Phi) is 9.97. The number of hydrogen-bond acceptors (Lipinski definition) is 2. The maximum atomic E-state index is 2.49. The van der Waals surface area contributed by atoms with Crippen LogP contribution in [0.5, 0.6) is 0 Å². The van der Waals surface area contributed by atoms with Crippen LogP contribution in [-0.4, -0.2) is 5.54 Å². The number of anilines is 5. The van der Waals surface area contributed by atoms with Crippen LogP contribution in [0.15, 0.2) is 139 Å². The highest BCUT2D eigenvalue weighted by molar-refractivity contribution is 5.81. The van der Waals surface area contributed by atoms with Gasteiger partial charge in [0.2, 0.25) is 0 Å². The number of nitrogens with zero attached hydrogens (tertiary/aromatic N) is 2. The molecule has 6 rings (SSSR count). The van der Waals surface area contributed by atoms with Gasteiger partial charge in [-0.1, -0.05) is 92.2 Å². The molecule has 2 heteroatoms. The summed E-state index contributed by atoms with van der Waals surface area (Å²) in [6.45, 7) is 17.3. The fraction of sp³-hybridized carbons (Fsp3) is 0.227. The van der Waals surface area contributed by atoms with Crippen LogP contribution in [0.4, 0.5) is 28.4 Å². The second kappa shape index (κ2) is 14.1. The average molecular weight is 605 g/mol. The first-order valence-electron chi connectivity index (χ1n) is 16.6. The zero-order valence-corrected chi connectivity index (χ0v) is 28.8.